The molecule has 43 heavy (non-hydrogen) atoms. The van der Waals surface area contributed by atoms with Crippen molar-refractivity contribution in [1.82, 2.24) is 33.9 Å². The second-order valence-electron chi connectivity index (χ2n) is 12.0. The van der Waals surface area contributed by atoms with Crippen molar-refractivity contribution >= 4 is 33.1 Å². The van der Waals surface area contributed by atoms with E-state index in [2.05, 4.69) is 35.8 Å². The zero-order chi connectivity index (χ0) is 29.4. The number of nitrogens with one attached hydrogen (secondary N) is 2. The van der Waals surface area contributed by atoms with E-state index in [1.165, 1.54) is 25.2 Å². The van der Waals surface area contributed by atoms with Gasteiger partial charge in [-0.05, 0) is 75.3 Å². The molecule has 4 heterocycles. The van der Waals surface area contributed by atoms with E-state index in [9.17, 15) is 13.2 Å². The highest BCUT2D eigenvalue weighted by atomic mass is 32.2. The lowest BCUT2D eigenvalue weighted by Gasteiger charge is -2.29. The SMILES string of the molecule is O=C(c1cnc(Nc2ccnc(-c3cnn(S(=O)(=O)C4CC4)c3)n2)cc1NCC1CCC(Cn2cccn2)CC1)C1CC1. The highest BCUT2D eigenvalue weighted by molar-refractivity contribution is 7.90. The largest absolute Gasteiger partial charge is 0.384 e. The molecule has 224 valence electrons. The Hall–Kier alpha value is -4.13. The zero-order valence-electron chi connectivity index (χ0n) is 23.8. The fraction of sp³-hybridized carbons (Fsp3) is 0.467. The van der Waals surface area contributed by atoms with Crippen LogP contribution in [-0.2, 0) is 16.6 Å². The molecule has 12 nitrogen and oxygen atoms in total. The number of ketones is 1. The van der Waals surface area contributed by atoms with Gasteiger partial charge in [-0.3, -0.25) is 9.48 Å². The van der Waals surface area contributed by atoms with Crippen LogP contribution in [0, 0.1) is 17.8 Å². The fourth-order valence-corrected chi connectivity index (χ4v) is 7.23. The molecule has 2 N–H and O–H groups in total. The lowest BCUT2D eigenvalue weighted by atomic mass is 9.82. The van der Waals surface area contributed by atoms with Gasteiger partial charge in [-0.25, -0.2) is 23.4 Å². The molecule has 0 aliphatic heterocycles. The van der Waals surface area contributed by atoms with Crippen LogP contribution in [0.2, 0.25) is 0 Å². The summed E-state index contributed by atoms with van der Waals surface area (Å²) in [5.74, 6) is 2.82. The average Bonchev–Trinajstić information content (AvgIpc) is 3.95. The summed E-state index contributed by atoms with van der Waals surface area (Å²) in [5, 5.41) is 14.9. The quantitative estimate of drug-likeness (QED) is 0.222. The standard InChI is InChI=1S/C30H35N9O3S/c40-29(22-6-7-22)25-17-33-28(14-26(25)32-15-20-2-4-21(5-3-20)18-38-13-1-11-34-38)36-27-10-12-31-30(37-27)23-16-35-39(19-23)43(41,42)24-8-9-24/h1,10-14,16-17,19-22,24H,2-9,15,18H2,(H2,31,32,33,36,37). The van der Waals surface area contributed by atoms with Gasteiger partial charge in [0, 0.05) is 49.9 Å². The molecule has 0 bridgehead atoms. The summed E-state index contributed by atoms with van der Waals surface area (Å²) in [6.45, 7) is 1.77. The molecule has 3 saturated carbocycles. The van der Waals surface area contributed by atoms with Crippen molar-refractivity contribution in [2.24, 2.45) is 17.8 Å². The number of Topliss-reactive ketones (excluding diaryl/α,β-unsaturated/α-hetero) is 1. The first-order valence-electron chi connectivity index (χ1n) is 15.1. The smallest absolute Gasteiger partial charge is 0.256 e. The Morgan fingerprint density at radius 1 is 0.930 bits per heavy atom. The van der Waals surface area contributed by atoms with Crippen LogP contribution in [0.15, 0.2) is 55.4 Å². The van der Waals surface area contributed by atoms with Gasteiger partial charge in [-0.15, -0.1) is 0 Å². The molecular formula is C30H35N9O3S. The highest BCUT2D eigenvalue weighted by Crippen LogP contribution is 2.36. The molecule has 4 aromatic rings. The monoisotopic (exact) mass is 601 g/mol. The van der Waals surface area contributed by atoms with E-state index in [-0.39, 0.29) is 17.0 Å². The van der Waals surface area contributed by atoms with Crippen LogP contribution in [0.5, 0.6) is 0 Å². The Morgan fingerprint density at radius 2 is 1.74 bits per heavy atom. The number of hydrogen-bond acceptors (Lipinski definition) is 10. The van der Waals surface area contributed by atoms with E-state index >= 15 is 0 Å². The van der Waals surface area contributed by atoms with E-state index in [4.69, 9.17) is 0 Å². The van der Waals surface area contributed by atoms with Gasteiger partial charge in [0.1, 0.15) is 11.6 Å². The third kappa shape index (κ3) is 6.31. The zero-order valence-corrected chi connectivity index (χ0v) is 24.7. The van der Waals surface area contributed by atoms with Crippen molar-refractivity contribution in [3.63, 3.8) is 0 Å². The molecule has 0 radical (unpaired) electrons. The maximum atomic E-state index is 13.1. The van der Waals surface area contributed by atoms with Gasteiger partial charge in [-0.2, -0.15) is 14.3 Å². The number of rotatable bonds is 12. The minimum absolute atomic E-state index is 0.0907. The topological polar surface area (TPSA) is 150 Å². The third-order valence-electron chi connectivity index (χ3n) is 8.61. The van der Waals surface area contributed by atoms with Crippen LogP contribution in [0.1, 0.15) is 61.7 Å². The van der Waals surface area contributed by atoms with Crippen molar-refractivity contribution in [1.29, 1.82) is 0 Å². The van der Waals surface area contributed by atoms with Crippen LogP contribution >= 0.6 is 0 Å². The first-order valence-corrected chi connectivity index (χ1v) is 16.6. The minimum atomic E-state index is -3.47. The van der Waals surface area contributed by atoms with Gasteiger partial charge in [-0.1, -0.05) is 0 Å². The van der Waals surface area contributed by atoms with Gasteiger partial charge < -0.3 is 10.6 Å². The molecule has 0 spiro atoms. The predicted octanol–water partition coefficient (Wildman–Crippen LogP) is 4.53. The van der Waals surface area contributed by atoms with Crippen molar-refractivity contribution in [3.8, 4) is 11.4 Å². The Labute approximate surface area is 250 Å². The van der Waals surface area contributed by atoms with E-state index < -0.39 is 10.0 Å². The first kappa shape index (κ1) is 27.7. The molecule has 13 heteroatoms. The van der Waals surface area contributed by atoms with E-state index in [0.29, 0.717) is 53.3 Å². The van der Waals surface area contributed by atoms with Gasteiger partial charge in [0.05, 0.1) is 34.5 Å². The number of pyridine rings is 1. The van der Waals surface area contributed by atoms with Crippen LogP contribution in [0.25, 0.3) is 11.4 Å². The summed E-state index contributed by atoms with van der Waals surface area (Å²) >= 11 is 0. The Bertz CT molecular complexity index is 1700. The van der Waals surface area contributed by atoms with Gasteiger partial charge in [0.15, 0.2) is 11.6 Å². The lowest BCUT2D eigenvalue weighted by molar-refractivity contribution is 0.0968. The second-order valence-corrected chi connectivity index (χ2v) is 14.1. The molecule has 0 saturated heterocycles. The fourth-order valence-electron chi connectivity index (χ4n) is 5.75. The number of anilines is 3. The van der Waals surface area contributed by atoms with Gasteiger partial charge in [0.25, 0.3) is 10.0 Å². The molecule has 0 amide bonds. The van der Waals surface area contributed by atoms with Gasteiger partial charge >= 0.3 is 0 Å². The van der Waals surface area contributed by atoms with E-state index in [1.54, 1.807) is 18.5 Å². The molecule has 0 unspecified atom stereocenters. The average molecular weight is 602 g/mol. The Morgan fingerprint density at radius 3 is 2.49 bits per heavy atom. The molecule has 7 rings (SSSR count). The number of carbonyl (C=O) groups excluding carboxylic acids is 1. The highest BCUT2D eigenvalue weighted by Gasteiger charge is 2.38. The predicted molar refractivity (Wildman–Crippen MR) is 161 cm³/mol. The number of carbonyl (C=O) groups is 1. The van der Waals surface area contributed by atoms with E-state index in [1.807, 2.05) is 29.2 Å². The molecular weight excluding hydrogens is 566 g/mol. The van der Waals surface area contributed by atoms with Crippen LogP contribution in [-0.4, -0.2) is 59.9 Å². The normalized spacial score (nSPS) is 20.6. The van der Waals surface area contributed by atoms with Crippen LogP contribution < -0.4 is 10.6 Å². The maximum Gasteiger partial charge on any atom is 0.256 e. The summed E-state index contributed by atoms with van der Waals surface area (Å²) < 4.78 is 28.1. The van der Waals surface area contributed by atoms with Gasteiger partial charge in [0.2, 0.25) is 0 Å². The van der Waals surface area contributed by atoms with Crippen molar-refractivity contribution in [3.05, 3.63) is 60.9 Å². The van der Waals surface area contributed by atoms with Crippen molar-refractivity contribution in [2.75, 3.05) is 17.2 Å². The maximum absolute atomic E-state index is 13.1. The molecule has 4 aromatic heterocycles. The number of hydrogen-bond donors (Lipinski definition) is 2. The first-order chi connectivity index (χ1) is 20.9. The third-order valence-corrected chi connectivity index (χ3v) is 10.6. The molecule has 3 aliphatic rings. The Kier molecular flexibility index (Phi) is 7.41. The number of nitrogens with zero attached hydrogens (tertiary/aromatic N) is 7. The number of aromatic nitrogens is 7. The van der Waals surface area contributed by atoms with Crippen LogP contribution in [0.4, 0.5) is 17.3 Å². The summed E-state index contributed by atoms with van der Waals surface area (Å²) in [4.78, 5) is 26.5. The molecule has 3 aliphatic carbocycles. The summed E-state index contributed by atoms with van der Waals surface area (Å²) in [5.41, 5.74) is 1.93. The Balaban J connectivity index is 1.03. The minimum Gasteiger partial charge on any atom is -0.384 e. The second kappa shape index (κ2) is 11.5. The summed E-state index contributed by atoms with van der Waals surface area (Å²) in [6, 6.07) is 5.56. The van der Waals surface area contributed by atoms with E-state index in [0.717, 1.165) is 48.5 Å². The van der Waals surface area contributed by atoms with Crippen molar-refractivity contribution < 1.29 is 13.2 Å². The molecule has 0 atom stereocenters. The molecule has 0 aromatic carbocycles. The molecule has 3 fully saturated rings. The van der Waals surface area contributed by atoms with Crippen LogP contribution in [0.3, 0.4) is 0 Å². The summed E-state index contributed by atoms with van der Waals surface area (Å²) in [7, 11) is -3.47. The van der Waals surface area contributed by atoms with Crippen molar-refractivity contribution in [2.45, 2.75) is 63.2 Å². The summed E-state index contributed by atoms with van der Waals surface area (Å²) in [6.07, 6.45) is 17.8. The lowest BCUT2D eigenvalue weighted by Crippen LogP contribution is -2.24.